The van der Waals surface area contributed by atoms with Crippen LogP contribution in [0.3, 0.4) is 0 Å². The highest BCUT2D eigenvalue weighted by Gasteiger charge is 2.34. The van der Waals surface area contributed by atoms with E-state index in [1.54, 1.807) is 0 Å². The molecule has 0 radical (unpaired) electrons. The third-order valence-electron chi connectivity index (χ3n) is 1.96. The highest BCUT2D eigenvalue weighted by atomic mass is 127. The maximum atomic E-state index is 12.2. The maximum absolute atomic E-state index is 12.2. The zero-order valence-electron chi connectivity index (χ0n) is 9.73. The number of carbonyl (C=O) groups is 1. The van der Waals surface area contributed by atoms with E-state index in [0.717, 1.165) is 7.11 Å². The zero-order valence-corrected chi connectivity index (χ0v) is 11.9. The zero-order chi connectivity index (χ0) is 15.5. The Labute approximate surface area is 123 Å². The number of aromatic nitrogens is 1. The molecule has 0 N–H and O–H groups in total. The molecule has 7 nitrogen and oxygen atoms in total. The van der Waals surface area contributed by atoms with Crippen LogP contribution in [0.4, 0.5) is 18.9 Å². The van der Waals surface area contributed by atoms with E-state index < -0.39 is 40.8 Å². The number of nitro groups is 1. The summed E-state index contributed by atoms with van der Waals surface area (Å²) in [5.74, 6) is -1.76. The number of carbonyl (C=O) groups excluding carboxylic acids is 1. The molecule has 0 atom stereocenters. The fourth-order valence-electron chi connectivity index (χ4n) is 1.17. The first-order valence-corrected chi connectivity index (χ1v) is 5.88. The van der Waals surface area contributed by atoms with Crippen LogP contribution in [0.2, 0.25) is 0 Å². The number of nitrogens with zero attached hydrogens (tertiary/aromatic N) is 2. The minimum atomic E-state index is -5.06. The number of alkyl halides is 3. The average Bonchev–Trinajstić information content (AvgIpc) is 2.30. The average molecular weight is 406 g/mol. The lowest BCUT2D eigenvalue weighted by Crippen LogP contribution is -2.20. The van der Waals surface area contributed by atoms with Crippen LogP contribution in [0.5, 0.6) is 5.75 Å². The van der Waals surface area contributed by atoms with E-state index in [1.807, 2.05) is 0 Å². The molecule has 20 heavy (non-hydrogen) atoms. The SMILES string of the molecule is COC(=O)Cc1nc(I)c([N+](=O)[O-])cc1OC(F)(F)F. The number of methoxy groups -OCH3 is 1. The predicted molar refractivity (Wildman–Crippen MR) is 66.0 cm³/mol. The molecule has 0 fully saturated rings. The van der Waals surface area contributed by atoms with Gasteiger partial charge in [0.1, 0.15) is 0 Å². The summed E-state index contributed by atoms with van der Waals surface area (Å²) in [6.07, 6.45) is -5.66. The second-order valence-electron chi connectivity index (χ2n) is 3.30. The van der Waals surface area contributed by atoms with Crippen LogP contribution in [-0.2, 0) is 16.0 Å². The molecule has 110 valence electrons. The summed E-state index contributed by atoms with van der Waals surface area (Å²) in [4.78, 5) is 24.4. The van der Waals surface area contributed by atoms with Gasteiger partial charge in [0.25, 0.3) is 0 Å². The highest BCUT2D eigenvalue weighted by molar-refractivity contribution is 14.1. The van der Waals surface area contributed by atoms with Crippen LogP contribution in [-0.4, -0.2) is 29.3 Å². The van der Waals surface area contributed by atoms with Gasteiger partial charge in [-0.15, -0.1) is 13.2 Å². The van der Waals surface area contributed by atoms with Crippen molar-refractivity contribution in [3.8, 4) is 5.75 Å². The molecular formula is C9H6F3IN2O5. The fourth-order valence-corrected chi connectivity index (χ4v) is 1.82. The number of ether oxygens (including phenoxy) is 2. The summed E-state index contributed by atoms with van der Waals surface area (Å²) in [6, 6.07) is 0.570. The molecule has 1 aromatic heterocycles. The quantitative estimate of drug-likeness (QED) is 0.250. The number of pyridine rings is 1. The Bertz CT molecular complexity index is 549. The first-order chi connectivity index (χ1) is 9.14. The Morgan fingerprint density at radius 2 is 2.15 bits per heavy atom. The van der Waals surface area contributed by atoms with Gasteiger partial charge in [0.15, 0.2) is 9.45 Å². The number of hydrogen-bond acceptors (Lipinski definition) is 6. The first kappa shape index (κ1) is 16.4. The molecule has 0 aromatic carbocycles. The highest BCUT2D eigenvalue weighted by Crippen LogP contribution is 2.31. The van der Waals surface area contributed by atoms with E-state index in [0.29, 0.717) is 6.07 Å². The van der Waals surface area contributed by atoms with Gasteiger partial charge in [0, 0.05) is 0 Å². The van der Waals surface area contributed by atoms with Crippen molar-refractivity contribution in [2.45, 2.75) is 12.8 Å². The van der Waals surface area contributed by atoms with E-state index in [2.05, 4.69) is 14.5 Å². The van der Waals surface area contributed by atoms with Crippen molar-refractivity contribution in [2.24, 2.45) is 0 Å². The van der Waals surface area contributed by atoms with Gasteiger partial charge in [0.05, 0.1) is 30.2 Å². The van der Waals surface area contributed by atoms with Crippen molar-refractivity contribution in [1.29, 1.82) is 0 Å². The van der Waals surface area contributed by atoms with Crippen molar-refractivity contribution in [2.75, 3.05) is 7.11 Å². The lowest BCUT2D eigenvalue weighted by Gasteiger charge is -2.12. The molecule has 0 saturated heterocycles. The smallest absolute Gasteiger partial charge is 0.469 e. The standard InChI is InChI=1S/C9H6F3IN2O5/c1-19-7(16)2-4-6(20-9(10,11)12)3-5(15(17)18)8(13)14-4/h3H,2H2,1H3. The number of hydrogen-bond donors (Lipinski definition) is 0. The van der Waals surface area contributed by atoms with Crippen molar-refractivity contribution >= 4 is 34.2 Å². The van der Waals surface area contributed by atoms with E-state index in [-0.39, 0.29) is 3.70 Å². The van der Waals surface area contributed by atoms with Gasteiger partial charge in [-0.2, -0.15) is 0 Å². The second kappa shape index (κ2) is 6.19. The second-order valence-corrected chi connectivity index (χ2v) is 4.32. The molecule has 0 aliphatic carbocycles. The van der Waals surface area contributed by atoms with Crippen LogP contribution in [0.15, 0.2) is 6.07 Å². The van der Waals surface area contributed by atoms with Crippen molar-refractivity contribution in [1.82, 2.24) is 4.98 Å². The molecule has 1 heterocycles. The van der Waals surface area contributed by atoms with E-state index >= 15 is 0 Å². The summed E-state index contributed by atoms with van der Waals surface area (Å²) < 4.78 is 44.5. The third kappa shape index (κ3) is 4.47. The molecule has 0 bridgehead atoms. The van der Waals surface area contributed by atoms with Crippen LogP contribution < -0.4 is 4.74 Å². The van der Waals surface area contributed by atoms with Crippen LogP contribution in [0, 0.1) is 13.8 Å². The van der Waals surface area contributed by atoms with Gasteiger partial charge in [-0.3, -0.25) is 14.9 Å². The van der Waals surface area contributed by atoms with E-state index in [9.17, 15) is 28.1 Å². The van der Waals surface area contributed by atoms with Crippen LogP contribution in [0.25, 0.3) is 0 Å². The normalized spacial score (nSPS) is 11.1. The Balaban J connectivity index is 3.29. The maximum Gasteiger partial charge on any atom is 0.573 e. The van der Waals surface area contributed by atoms with E-state index in [4.69, 9.17) is 0 Å². The van der Waals surface area contributed by atoms with Gasteiger partial charge in [-0.1, -0.05) is 0 Å². The molecule has 0 unspecified atom stereocenters. The molecule has 1 aromatic rings. The van der Waals surface area contributed by atoms with E-state index in [1.165, 1.54) is 22.6 Å². The van der Waals surface area contributed by atoms with Gasteiger partial charge in [0.2, 0.25) is 0 Å². The molecule has 1 rings (SSSR count). The Kier molecular flexibility index (Phi) is 5.08. The topological polar surface area (TPSA) is 91.6 Å². The number of rotatable bonds is 4. The van der Waals surface area contributed by atoms with Gasteiger partial charge < -0.3 is 9.47 Å². The molecule has 0 aliphatic rings. The van der Waals surface area contributed by atoms with Gasteiger partial charge in [-0.05, 0) is 22.6 Å². The summed E-state index contributed by atoms with van der Waals surface area (Å²) in [7, 11) is 1.04. The molecule has 0 spiro atoms. The van der Waals surface area contributed by atoms with Crippen LogP contribution >= 0.6 is 22.6 Å². The van der Waals surface area contributed by atoms with Crippen molar-refractivity contribution in [3.63, 3.8) is 0 Å². The lowest BCUT2D eigenvalue weighted by molar-refractivity contribution is -0.386. The minimum Gasteiger partial charge on any atom is -0.469 e. The third-order valence-corrected chi connectivity index (χ3v) is 2.75. The Hall–Kier alpha value is -1.66. The molecule has 0 saturated carbocycles. The molecule has 0 amide bonds. The van der Waals surface area contributed by atoms with Crippen molar-refractivity contribution < 1.29 is 32.4 Å². The monoisotopic (exact) mass is 406 g/mol. The molecule has 0 aliphatic heterocycles. The first-order valence-electron chi connectivity index (χ1n) is 4.80. The largest absolute Gasteiger partial charge is 0.573 e. The summed E-state index contributed by atoms with van der Waals surface area (Å²) in [6.45, 7) is 0. The van der Waals surface area contributed by atoms with Gasteiger partial charge in [-0.25, -0.2) is 4.98 Å². The predicted octanol–water partition coefficient (Wildman–Crippen LogP) is 2.21. The summed E-state index contributed by atoms with van der Waals surface area (Å²) >= 11 is 1.47. The van der Waals surface area contributed by atoms with Gasteiger partial charge >= 0.3 is 18.0 Å². The Morgan fingerprint density at radius 3 is 2.60 bits per heavy atom. The summed E-state index contributed by atoms with van der Waals surface area (Å²) in [5, 5.41) is 10.7. The number of halogens is 4. The lowest BCUT2D eigenvalue weighted by atomic mass is 10.2. The summed E-state index contributed by atoms with van der Waals surface area (Å²) in [5.41, 5.74) is -1.05. The van der Waals surface area contributed by atoms with Crippen LogP contribution in [0.1, 0.15) is 5.69 Å². The fraction of sp³-hybridized carbons (Fsp3) is 0.333. The Morgan fingerprint density at radius 1 is 1.55 bits per heavy atom. The molecular weight excluding hydrogens is 400 g/mol. The number of esters is 1. The molecule has 11 heteroatoms. The minimum absolute atomic E-state index is 0.166. The van der Waals surface area contributed by atoms with Crippen molar-refractivity contribution in [3.05, 3.63) is 25.6 Å².